The Labute approximate surface area is 135 Å². The van der Waals surface area contributed by atoms with Crippen molar-refractivity contribution in [1.29, 1.82) is 0 Å². The minimum atomic E-state index is -0.621. The lowest BCUT2D eigenvalue weighted by atomic mass is 9.62. The fourth-order valence-electron chi connectivity index (χ4n) is 7.01. The molecule has 1 heterocycles. The van der Waals surface area contributed by atoms with Gasteiger partial charge in [0.25, 0.3) is 5.91 Å². The maximum atomic E-state index is 12.5. The van der Waals surface area contributed by atoms with Crippen molar-refractivity contribution in [2.75, 3.05) is 6.61 Å². The average molecular weight is 315 g/mol. The second-order valence-corrected chi connectivity index (χ2v) is 7.98. The Morgan fingerprint density at radius 3 is 2.57 bits per heavy atom. The van der Waals surface area contributed by atoms with Gasteiger partial charge in [0.1, 0.15) is 0 Å². The molecule has 5 fully saturated rings. The molecular formula is C18H21NO4. The number of carbonyl (C=O) groups is 3. The summed E-state index contributed by atoms with van der Waals surface area (Å²) in [7, 11) is 0. The Kier molecular flexibility index (Phi) is 2.67. The number of imide groups is 1. The van der Waals surface area contributed by atoms with Crippen molar-refractivity contribution in [2.24, 2.45) is 41.4 Å². The van der Waals surface area contributed by atoms with E-state index in [0.717, 1.165) is 36.2 Å². The van der Waals surface area contributed by atoms with Crippen LogP contribution in [0.3, 0.4) is 0 Å². The second-order valence-electron chi connectivity index (χ2n) is 7.98. The van der Waals surface area contributed by atoms with Gasteiger partial charge in [-0.25, -0.2) is 4.79 Å². The lowest BCUT2D eigenvalue weighted by Gasteiger charge is -2.53. The van der Waals surface area contributed by atoms with E-state index < -0.39 is 5.97 Å². The first-order valence-corrected chi connectivity index (χ1v) is 8.77. The number of amides is 2. The Morgan fingerprint density at radius 2 is 1.87 bits per heavy atom. The highest BCUT2D eigenvalue weighted by Gasteiger charge is 2.73. The van der Waals surface area contributed by atoms with Crippen LogP contribution in [-0.4, -0.2) is 35.3 Å². The van der Waals surface area contributed by atoms with Crippen LogP contribution in [0.1, 0.15) is 25.7 Å². The second kappa shape index (κ2) is 4.46. The Hall–Kier alpha value is -1.65. The summed E-state index contributed by atoms with van der Waals surface area (Å²) in [5, 5.41) is 0. The number of β-lactam (4-membered cyclic amide) rings is 1. The minimum Gasteiger partial charge on any atom is -0.452 e. The largest absolute Gasteiger partial charge is 0.452 e. The van der Waals surface area contributed by atoms with E-state index in [0.29, 0.717) is 11.8 Å². The maximum absolute atomic E-state index is 12.5. The lowest BCUT2D eigenvalue weighted by Crippen LogP contribution is -2.68. The van der Waals surface area contributed by atoms with Gasteiger partial charge in [-0.1, -0.05) is 6.58 Å². The van der Waals surface area contributed by atoms with Gasteiger partial charge in [-0.05, 0) is 61.2 Å². The molecule has 5 rings (SSSR count). The molecule has 0 spiro atoms. The molecule has 1 aliphatic heterocycles. The van der Waals surface area contributed by atoms with Crippen molar-refractivity contribution < 1.29 is 19.1 Å². The van der Waals surface area contributed by atoms with Crippen molar-refractivity contribution >= 4 is 17.8 Å². The Bertz CT molecular complexity index is 629. The van der Waals surface area contributed by atoms with Crippen LogP contribution in [0.5, 0.6) is 0 Å². The molecule has 0 aromatic rings. The third-order valence-corrected chi connectivity index (χ3v) is 7.44. The number of hydrogen-bond donors (Lipinski definition) is 0. The highest BCUT2D eigenvalue weighted by Crippen LogP contribution is 2.71. The molecule has 1 saturated heterocycles. The molecule has 2 amide bonds. The summed E-state index contributed by atoms with van der Waals surface area (Å²) in [6.07, 6.45) is 6.19. The number of nitrogens with zero attached hydrogens (tertiary/aromatic N) is 1. The highest BCUT2D eigenvalue weighted by molar-refractivity contribution is 6.03. The number of ether oxygens (including phenoxy) is 1. The smallest absolute Gasteiger partial charge is 0.330 e. The van der Waals surface area contributed by atoms with E-state index in [1.54, 1.807) is 0 Å². The monoisotopic (exact) mass is 315 g/mol. The number of hydrogen-bond acceptors (Lipinski definition) is 4. The van der Waals surface area contributed by atoms with Gasteiger partial charge in [-0.15, -0.1) is 0 Å². The molecule has 122 valence electrons. The highest BCUT2D eigenvalue weighted by atomic mass is 16.5. The van der Waals surface area contributed by atoms with E-state index in [-0.39, 0.29) is 30.4 Å². The summed E-state index contributed by atoms with van der Waals surface area (Å²) in [6, 6.07) is 0.0861. The van der Waals surface area contributed by atoms with Crippen LogP contribution < -0.4 is 0 Å². The predicted octanol–water partition coefficient (Wildman–Crippen LogP) is 1.38. The van der Waals surface area contributed by atoms with Crippen LogP contribution in [0.25, 0.3) is 0 Å². The third kappa shape index (κ3) is 1.56. The van der Waals surface area contributed by atoms with Crippen LogP contribution in [0.4, 0.5) is 0 Å². The molecule has 5 heteroatoms. The molecule has 0 aromatic heterocycles. The summed E-state index contributed by atoms with van der Waals surface area (Å²) in [6.45, 7) is 2.96. The van der Waals surface area contributed by atoms with Crippen molar-refractivity contribution in [3.8, 4) is 0 Å². The summed E-state index contributed by atoms with van der Waals surface area (Å²) in [5.41, 5.74) is 0. The Morgan fingerprint density at radius 1 is 1.17 bits per heavy atom. The van der Waals surface area contributed by atoms with Crippen LogP contribution in [0, 0.1) is 41.4 Å². The number of carbonyl (C=O) groups excluding carboxylic acids is 3. The average Bonchev–Trinajstić information content (AvgIpc) is 3.28. The zero-order valence-corrected chi connectivity index (χ0v) is 13.0. The maximum Gasteiger partial charge on any atom is 0.330 e. The molecule has 8 unspecified atom stereocenters. The molecule has 0 N–H and O–H groups in total. The number of fused-ring (bicyclic) bond motifs is 12. The van der Waals surface area contributed by atoms with Gasteiger partial charge in [0.2, 0.25) is 5.91 Å². The van der Waals surface area contributed by atoms with Crippen molar-refractivity contribution in [1.82, 2.24) is 4.90 Å². The van der Waals surface area contributed by atoms with Crippen molar-refractivity contribution in [3.63, 3.8) is 0 Å². The van der Waals surface area contributed by atoms with Crippen molar-refractivity contribution in [2.45, 2.75) is 31.7 Å². The first kappa shape index (κ1) is 13.8. The molecule has 0 radical (unpaired) electrons. The van der Waals surface area contributed by atoms with E-state index in [4.69, 9.17) is 4.74 Å². The van der Waals surface area contributed by atoms with Gasteiger partial charge in [-0.3, -0.25) is 14.5 Å². The SMILES string of the molecule is C=CC(=O)OCC(=O)N1C(=O)C2C3CC(C4C5CCC(C5)C34)C21. The Balaban J connectivity index is 1.34. The first-order valence-electron chi connectivity index (χ1n) is 8.77. The van der Waals surface area contributed by atoms with E-state index in [2.05, 4.69) is 6.58 Å². The first-order chi connectivity index (χ1) is 11.1. The van der Waals surface area contributed by atoms with E-state index in [9.17, 15) is 14.4 Å². The van der Waals surface area contributed by atoms with Crippen LogP contribution >= 0.6 is 0 Å². The summed E-state index contributed by atoms with van der Waals surface area (Å²) in [4.78, 5) is 37.4. The molecule has 8 atom stereocenters. The quantitative estimate of drug-likeness (QED) is 0.342. The van der Waals surface area contributed by atoms with Gasteiger partial charge in [0.15, 0.2) is 6.61 Å². The van der Waals surface area contributed by atoms with Gasteiger partial charge in [-0.2, -0.15) is 0 Å². The molecule has 4 saturated carbocycles. The number of rotatable bonds is 3. The molecule has 23 heavy (non-hydrogen) atoms. The molecule has 4 aliphatic carbocycles. The molecular weight excluding hydrogens is 294 g/mol. The van der Waals surface area contributed by atoms with E-state index in [1.807, 2.05) is 0 Å². The third-order valence-electron chi connectivity index (χ3n) is 7.44. The number of esters is 1. The lowest BCUT2D eigenvalue weighted by molar-refractivity contribution is -0.178. The fourth-order valence-corrected chi connectivity index (χ4v) is 7.01. The van der Waals surface area contributed by atoms with Crippen LogP contribution in [-0.2, 0) is 19.1 Å². The van der Waals surface area contributed by atoms with Gasteiger partial charge < -0.3 is 4.74 Å². The summed E-state index contributed by atoms with van der Waals surface area (Å²) in [5.74, 6) is 3.23. The normalized spacial score (nSPS) is 48.0. The van der Waals surface area contributed by atoms with Gasteiger partial charge >= 0.3 is 5.97 Å². The molecule has 5 nitrogen and oxygen atoms in total. The summed E-state index contributed by atoms with van der Waals surface area (Å²) < 4.78 is 4.82. The van der Waals surface area contributed by atoms with Gasteiger partial charge in [0, 0.05) is 6.08 Å². The van der Waals surface area contributed by atoms with Crippen molar-refractivity contribution in [3.05, 3.63) is 12.7 Å². The topological polar surface area (TPSA) is 63.7 Å². The standard InChI is InChI=1S/C18H21NO4/c1-2-13(21)23-7-12(20)19-17-11-6-10(16(17)18(19)22)14-8-3-4-9(5-8)15(11)14/h2,8-11,14-17H,1,3-7H2. The minimum absolute atomic E-state index is 0.0247. The fraction of sp³-hybridized carbons (Fsp3) is 0.722. The van der Waals surface area contributed by atoms with Crippen LogP contribution in [0.2, 0.25) is 0 Å². The predicted molar refractivity (Wildman–Crippen MR) is 79.7 cm³/mol. The molecule has 0 aromatic carbocycles. The zero-order valence-electron chi connectivity index (χ0n) is 13.0. The van der Waals surface area contributed by atoms with E-state index >= 15 is 0 Å². The molecule has 5 aliphatic rings. The van der Waals surface area contributed by atoms with Gasteiger partial charge in [0.05, 0.1) is 12.0 Å². The zero-order chi connectivity index (χ0) is 15.9. The molecule has 4 bridgehead atoms. The number of likely N-dealkylation sites (tertiary alicyclic amines) is 1. The summed E-state index contributed by atoms with van der Waals surface area (Å²) >= 11 is 0. The van der Waals surface area contributed by atoms with E-state index in [1.165, 1.54) is 24.2 Å². The van der Waals surface area contributed by atoms with Crippen LogP contribution in [0.15, 0.2) is 12.7 Å².